The third-order valence-electron chi connectivity index (χ3n) is 4.61. The van der Waals surface area contributed by atoms with Gasteiger partial charge in [0.1, 0.15) is 0 Å². The summed E-state index contributed by atoms with van der Waals surface area (Å²) in [6.45, 7) is 0.706. The van der Waals surface area contributed by atoms with E-state index in [-0.39, 0.29) is 10.8 Å². The highest BCUT2D eigenvalue weighted by Gasteiger charge is 2.24. The second-order valence-electron chi connectivity index (χ2n) is 6.49. The zero-order valence-corrected chi connectivity index (χ0v) is 16.7. The minimum Gasteiger partial charge on any atom is -0.312 e. The van der Waals surface area contributed by atoms with Gasteiger partial charge < -0.3 is 4.90 Å². The van der Waals surface area contributed by atoms with Gasteiger partial charge in [0.05, 0.1) is 10.6 Å². The molecule has 4 rings (SSSR count). The van der Waals surface area contributed by atoms with E-state index in [0.29, 0.717) is 30.2 Å². The maximum Gasteiger partial charge on any atom is 0.263 e. The Labute approximate surface area is 167 Å². The Morgan fingerprint density at radius 2 is 1.86 bits per heavy atom. The molecule has 2 heterocycles. The maximum absolute atomic E-state index is 12.6. The van der Waals surface area contributed by atoms with Crippen LogP contribution in [-0.2, 0) is 27.7 Å². The first-order chi connectivity index (χ1) is 13.5. The molecule has 0 saturated carbocycles. The summed E-state index contributed by atoms with van der Waals surface area (Å²) in [4.78, 5) is 18.9. The summed E-state index contributed by atoms with van der Waals surface area (Å²) in [5.41, 5.74) is 2.89. The molecule has 0 atom stereocenters. The summed E-state index contributed by atoms with van der Waals surface area (Å²) in [6, 6.07) is 16.1. The smallest absolute Gasteiger partial charge is 0.263 e. The van der Waals surface area contributed by atoms with Gasteiger partial charge in [-0.15, -0.1) is 11.3 Å². The van der Waals surface area contributed by atoms with Crippen LogP contribution in [0.1, 0.15) is 17.7 Å². The van der Waals surface area contributed by atoms with E-state index in [9.17, 15) is 13.2 Å². The highest BCUT2D eigenvalue weighted by Crippen LogP contribution is 2.28. The molecule has 28 heavy (non-hydrogen) atoms. The fraction of sp³-hybridized carbons (Fsp3) is 0.200. The Morgan fingerprint density at radius 3 is 2.68 bits per heavy atom. The lowest BCUT2D eigenvalue weighted by atomic mass is 10.2. The fourth-order valence-corrected chi connectivity index (χ4v) is 5.23. The van der Waals surface area contributed by atoms with Gasteiger partial charge in [0.2, 0.25) is 5.91 Å². The number of sulfonamides is 1. The number of amides is 1. The Balaban J connectivity index is 1.37. The van der Waals surface area contributed by atoms with E-state index in [1.54, 1.807) is 23.6 Å². The Bertz CT molecular complexity index is 1090. The molecule has 0 saturated heterocycles. The number of fused-ring (bicyclic) bond motifs is 1. The van der Waals surface area contributed by atoms with Crippen molar-refractivity contribution in [1.82, 2.24) is 4.98 Å². The molecule has 1 amide bonds. The van der Waals surface area contributed by atoms with Crippen LogP contribution in [0.2, 0.25) is 0 Å². The van der Waals surface area contributed by atoms with Crippen LogP contribution in [0.25, 0.3) is 0 Å². The van der Waals surface area contributed by atoms with E-state index >= 15 is 0 Å². The molecule has 0 fully saturated rings. The molecule has 3 aromatic rings. The summed E-state index contributed by atoms with van der Waals surface area (Å²) in [5.74, 6) is 0.0596. The predicted molar refractivity (Wildman–Crippen MR) is 110 cm³/mol. The highest BCUT2D eigenvalue weighted by molar-refractivity contribution is 7.93. The lowest BCUT2D eigenvalue weighted by Crippen LogP contribution is -2.29. The van der Waals surface area contributed by atoms with Crippen molar-refractivity contribution < 1.29 is 13.2 Å². The van der Waals surface area contributed by atoms with Crippen LogP contribution < -0.4 is 9.62 Å². The number of nitrogens with one attached hydrogen (secondary N) is 1. The second-order valence-corrected chi connectivity index (χ2v) is 9.03. The molecule has 1 aliphatic heterocycles. The molecule has 0 spiro atoms. The van der Waals surface area contributed by atoms with E-state index in [1.165, 1.54) is 29.0 Å². The molecule has 1 aromatic heterocycles. The zero-order chi connectivity index (χ0) is 19.6. The summed E-state index contributed by atoms with van der Waals surface area (Å²) >= 11 is 1.22. The van der Waals surface area contributed by atoms with Gasteiger partial charge in [-0.05, 0) is 36.6 Å². The maximum atomic E-state index is 12.6. The van der Waals surface area contributed by atoms with Crippen LogP contribution in [0.5, 0.6) is 0 Å². The topological polar surface area (TPSA) is 79.4 Å². The van der Waals surface area contributed by atoms with Crippen LogP contribution in [0.4, 0.5) is 10.8 Å². The lowest BCUT2D eigenvalue weighted by molar-refractivity contribution is -0.118. The molecule has 6 nitrogen and oxygen atoms in total. The molecule has 8 heteroatoms. The van der Waals surface area contributed by atoms with Gasteiger partial charge in [0, 0.05) is 24.0 Å². The van der Waals surface area contributed by atoms with E-state index < -0.39 is 10.0 Å². The predicted octanol–water partition coefficient (Wildman–Crippen LogP) is 3.47. The minimum absolute atomic E-state index is 0.0596. The molecular weight excluding hydrogens is 394 g/mol. The molecule has 1 N–H and O–H groups in total. The van der Waals surface area contributed by atoms with Crippen molar-refractivity contribution in [2.45, 2.75) is 24.2 Å². The van der Waals surface area contributed by atoms with Crippen LogP contribution >= 0.6 is 11.3 Å². The number of carbonyl (C=O) groups excluding carboxylic acids is 1. The summed E-state index contributed by atoms with van der Waals surface area (Å²) < 4.78 is 27.2. The Morgan fingerprint density at radius 1 is 1.11 bits per heavy atom. The standard InChI is InChI=1S/C20H19N3O3S2/c24-19(23-13-12-15-6-4-5-9-18(15)23)11-10-16-14-27-20(21-16)22-28(25,26)17-7-2-1-3-8-17/h1-9,14H,10-13H2,(H,21,22). The van der Waals surface area contributed by atoms with Gasteiger partial charge in [-0.1, -0.05) is 36.4 Å². The molecule has 0 unspecified atom stereocenters. The fourth-order valence-electron chi connectivity index (χ4n) is 3.21. The lowest BCUT2D eigenvalue weighted by Gasteiger charge is -2.16. The van der Waals surface area contributed by atoms with Crippen LogP contribution in [0.15, 0.2) is 64.9 Å². The average Bonchev–Trinajstić information content (AvgIpc) is 3.33. The number of aromatic nitrogens is 1. The monoisotopic (exact) mass is 413 g/mol. The third kappa shape index (κ3) is 3.93. The van der Waals surface area contributed by atoms with E-state index in [2.05, 4.69) is 9.71 Å². The van der Waals surface area contributed by atoms with Crippen molar-refractivity contribution in [3.05, 3.63) is 71.2 Å². The van der Waals surface area contributed by atoms with Gasteiger partial charge in [0.25, 0.3) is 10.0 Å². The van der Waals surface area contributed by atoms with Crippen LogP contribution in [-0.4, -0.2) is 25.9 Å². The van der Waals surface area contributed by atoms with Gasteiger partial charge in [-0.3, -0.25) is 9.52 Å². The van der Waals surface area contributed by atoms with Crippen molar-refractivity contribution >= 4 is 38.1 Å². The van der Waals surface area contributed by atoms with Crippen molar-refractivity contribution in [2.24, 2.45) is 0 Å². The SMILES string of the molecule is O=C(CCc1csc(NS(=O)(=O)c2ccccc2)n1)N1CCc2ccccc21. The molecule has 0 bridgehead atoms. The summed E-state index contributed by atoms with van der Waals surface area (Å²) in [7, 11) is -3.66. The van der Waals surface area contributed by atoms with Gasteiger partial charge in [0.15, 0.2) is 5.13 Å². The molecule has 0 radical (unpaired) electrons. The quantitative estimate of drug-likeness (QED) is 0.671. The van der Waals surface area contributed by atoms with Crippen molar-refractivity contribution in [3.63, 3.8) is 0 Å². The van der Waals surface area contributed by atoms with Crippen molar-refractivity contribution in [1.29, 1.82) is 0 Å². The van der Waals surface area contributed by atoms with Crippen molar-refractivity contribution in [3.8, 4) is 0 Å². The number of thiazole rings is 1. The molecule has 144 valence electrons. The molecule has 1 aliphatic rings. The van der Waals surface area contributed by atoms with Crippen LogP contribution in [0, 0.1) is 0 Å². The second kappa shape index (κ2) is 7.73. The van der Waals surface area contributed by atoms with E-state index in [4.69, 9.17) is 0 Å². The van der Waals surface area contributed by atoms with Gasteiger partial charge in [-0.25, -0.2) is 13.4 Å². The molecular formula is C20H19N3O3S2. The van der Waals surface area contributed by atoms with Crippen molar-refractivity contribution in [2.75, 3.05) is 16.2 Å². The number of nitrogens with zero attached hydrogens (tertiary/aromatic N) is 2. The van der Waals surface area contributed by atoms with E-state index in [0.717, 1.165) is 12.1 Å². The minimum atomic E-state index is -3.66. The van der Waals surface area contributed by atoms with Gasteiger partial charge >= 0.3 is 0 Å². The third-order valence-corrected chi connectivity index (χ3v) is 6.90. The number of hydrogen-bond donors (Lipinski definition) is 1. The Kier molecular flexibility index (Phi) is 5.15. The number of para-hydroxylation sites is 1. The highest BCUT2D eigenvalue weighted by atomic mass is 32.2. The summed E-state index contributed by atoms with van der Waals surface area (Å²) in [6.07, 6.45) is 1.69. The number of aryl methyl sites for hydroxylation is 1. The van der Waals surface area contributed by atoms with Gasteiger partial charge in [-0.2, -0.15) is 0 Å². The number of carbonyl (C=O) groups is 1. The number of anilines is 2. The molecule has 0 aliphatic carbocycles. The summed E-state index contributed by atoms with van der Waals surface area (Å²) in [5, 5.41) is 2.09. The Hall–Kier alpha value is -2.71. The normalized spacial score (nSPS) is 13.4. The van der Waals surface area contributed by atoms with Crippen LogP contribution in [0.3, 0.4) is 0 Å². The van der Waals surface area contributed by atoms with E-state index in [1.807, 2.05) is 29.2 Å². The zero-order valence-electron chi connectivity index (χ0n) is 15.0. The largest absolute Gasteiger partial charge is 0.312 e. The number of rotatable bonds is 6. The number of benzene rings is 2. The average molecular weight is 414 g/mol. The first kappa shape index (κ1) is 18.6. The first-order valence-electron chi connectivity index (χ1n) is 8.93. The number of hydrogen-bond acceptors (Lipinski definition) is 5. The molecule has 2 aromatic carbocycles. The first-order valence-corrected chi connectivity index (χ1v) is 11.3.